The molecule has 1 aromatic heterocycles. The third-order valence-corrected chi connectivity index (χ3v) is 6.26. The fourth-order valence-electron chi connectivity index (χ4n) is 4.65. The van der Waals surface area contributed by atoms with Gasteiger partial charge in [0.15, 0.2) is 0 Å². The standard InChI is InChI=1S/C24H34N6O/c1-16-7-6-8-19(15-16)27-24(31)26-18-13-11-17(12-14-18)25-23-28-21-10-5-4-9-20(21)22(29-23)30(2)3/h6-8,15,17-18H,4-5,9-14H2,1-3H3,(H,25,28,29)(H2,26,27,31). The van der Waals surface area contributed by atoms with Gasteiger partial charge in [0.1, 0.15) is 5.82 Å². The molecule has 0 unspecified atom stereocenters. The molecule has 2 amide bonds. The Morgan fingerprint density at radius 2 is 1.77 bits per heavy atom. The van der Waals surface area contributed by atoms with Crippen LogP contribution in [0.15, 0.2) is 24.3 Å². The molecule has 3 N–H and O–H groups in total. The first-order valence-electron chi connectivity index (χ1n) is 11.5. The van der Waals surface area contributed by atoms with Gasteiger partial charge in [0.05, 0.1) is 5.69 Å². The summed E-state index contributed by atoms with van der Waals surface area (Å²) in [4.78, 5) is 24.1. The van der Waals surface area contributed by atoms with E-state index in [0.29, 0.717) is 6.04 Å². The fraction of sp³-hybridized carbons (Fsp3) is 0.542. The molecular weight excluding hydrogens is 388 g/mol. The van der Waals surface area contributed by atoms with Gasteiger partial charge in [0, 0.05) is 37.4 Å². The molecule has 166 valence electrons. The highest BCUT2D eigenvalue weighted by Crippen LogP contribution is 2.29. The minimum Gasteiger partial charge on any atom is -0.362 e. The van der Waals surface area contributed by atoms with Crippen molar-refractivity contribution in [3.05, 3.63) is 41.1 Å². The monoisotopic (exact) mass is 422 g/mol. The van der Waals surface area contributed by atoms with Gasteiger partial charge in [-0.05, 0) is 76.0 Å². The predicted octanol–water partition coefficient (Wildman–Crippen LogP) is 4.27. The molecular formula is C24H34N6O. The summed E-state index contributed by atoms with van der Waals surface area (Å²) in [6.07, 6.45) is 8.43. The third kappa shape index (κ3) is 5.46. The van der Waals surface area contributed by atoms with Crippen LogP contribution in [0.2, 0.25) is 0 Å². The van der Waals surface area contributed by atoms with Crippen molar-refractivity contribution in [2.24, 2.45) is 0 Å². The summed E-state index contributed by atoms with van der Waals surface area (Å²) < 4.78 is 0. The van der Waals surface area contributed by atoms with E-state index in [2.05, 4.69) is 34.9 Å². The van der Waals surface area contributed by atoms with Crippen molar-refractivity contribution < 1.29 is 4.79 Å². The quantitative estimate of drug-likeness (QED) is 0.670. The fourth-order valence-corrected chi connectivity index (χ4v) is 4.65. The Bertz CT molecular complexity index is 920. The maximum atomic E-state index is 12.3. The van der Waals surface area contributed by atoms with E-state index in [1.807, 2.05) is 31.2 Å². The summed E-state index contributed by atoms with van der Waals surface area (Å²) in [6, 6.07) is 8.27. The van der Waals surface area contributed by atoms with Gasteiger partial charge < -0.3 is 20.9 Å². The number of urea groups is 1. The van der Waals surface area contributed by atoms with E-state index in [4.69, 9.17) is 9.97 Å². The van der Waals surface area contributed by atoms with E-state index in [-0.39, 0.29) is 12.1 Å². The first kappa shape index (κ1) is 21.4. The van der Waals surface area contributed by atoms with Crippen molar-refractivity contribution in [1.82, 2.24) is 15.3 Å². The number of amides is 2. The SMILES string of the molecule is Cc1cccc(NC(=O)NC2CCC(Nc3nc4c(c(N(C)C)n3)CCCC4)CC2)c1. The number of aromatic nitrogens is 2. The molecule has 1 saturated carbocycles. The number of nitrogens with zero attached hydrogens (tertiary/aromatic N) is 3. The predicted molar refractivity (Wildman–Crippen MR) is 126 cm³/mol. The summed E-state index contributed by atoms with van der Waals surface area (Å²) in [5.74, 6) is 1.80. The molecule has 7 nitrogen and oxygen atoms in total. The van der Waals surface area contributed by atoms with Crippen LogP contribution in [0.3, 0.4) is 0 Å². The first-order chi connectivity index (χ1) is 15.0. The molecule has 0 atom stereocenters. The van der Waals surface area contributed by atoms with Crippen molar-refractivity contribution in [2.45, 2.75) is 70.4 Å². The van der Waals surface area contributed by atoms with Crippen molar-refractivity contribution in [3.8, 4) is 0 Å². The summed E-state index contributed by atoms with van der Waals surface area (Å²) in [7, 11) is 4.11. The lowest BCUT2D eigenvalue weighted by Crippen LogP contribution is -2.42. The van der Waals surface area contributed by atoms with Crippen LogP contribution in [0.25, 0.3) is 0 Å². The maximum absolute atomic E-state index is 12.3. The number of anilines is 3. The largest absolute Gasteiger partial charge is 0.362 e. The number of aryl methyl sites for hydroxylation is 2. The zero-order valence-corrected chi connectivity index (χ0v) is 18.9. The van der Waals surface area contributed by atoms with Crippen LogP contribution in [0, 0.1) is 6.92 Å². The molecule has 0 spiro atoms. The normalized spacial score (nSPS) is 20.5. The van der Waals surface area contributed by atoms with Crippen LogP contribution in [-0.2, 0) is 12.8 Å². The molecule has 4 rings (SSSR count). The zero-order chi connectivity index (χ0) is 21.8. The van der Waals surface area contributed by atoms with Crippen LogP contribution < -0.4 is 20.9 Å². The number of hydrogen-bond donors (Lipinski definition) is 3. The van der Waals surface area contributed by atoms with Gasteiger partial charge in [0.2, 0.25) is 5.95 Å². The van der Waals surface area contributed by atoms with Crippen molar-refractivity contribution in [1.29, 1.82) is 0 Å². The van der Waals surface area contributed by atoms with Crippen LogP contribution in [0.5, 0.6) is 0 Å². The molecule has 1 heterocycles. The average molecular weight is 423 g/mol. The van der Waals surface area contributed by atoms with Crippen molar-refractivity contribution >= 4 is 23.5 Å². The highest BCUT2D eigenvalue weighted by Gasteiger charge is 2.24. The van der Waals surface area contributed by atoms with E-state index in [0.717, 1.165) is 61.5 Å². The molecule has 2 aliphatic rings. The molecule has 7 heteroatoms. The van der Waals surface area contributed by atoms with E-state index >= 15 is 0 Å². The zero-order valence-electron chi connectivity index (χ0n) is 18.9. The molecule has 0 saturated heterocycles. The highest BCUT2D eigenvalue weighted by molar-refractivity contribution is 5.89. The van der Waals surface area contributed by atoms with Gasteiger partial charge in [0.25, 0.3) is 0 Å². The number of carbonyl (C=O) groups excluding carboxylic acids is 1. The molecule has 31 heavy (non-hydrogen) atoms. The Morgan fingerprint density at radius 1 is 1.03 bits per heavy atom. The molecule has 1 fully saturated rings. The molecule has 2 aliphatic carbocycles. The highest BCUT2D eigenvalue weighted by atomic mass is 16.2. The van der Waals surface area contributed by atoms with Crippen LogP contribution in [-0.4, -0.2) is 42.2 Å². The molecule has 2 aromatic rings. The molecule has 0 radical (unpaired) electrons. The van der Waals surface area contributed by atoms with Gasteiger partial charge in [-0.25, -0.2) is 9.78 Å². The first-order valence-corrected chi connectivity index (χ1v) is 11.5. The average Bonchev–Trinajstić information content (AvgIpc) is 2.74. The number of carbonyl (C=O) groups is 1. The van der Waals surface area contributed by atoms with Crippen molar-refractivity contribution in [3.63, 3.8) is 0 Å². The lowest BCUT2D eigenvalue weighted by atomic mass is 9.91. The lowest BCUT2D eigenvalue weighted by molar-refractivity contribution is 0.243. The number of fused-ring (bicyclic) bond motifs is 1. The minimum absolute atomic E-state index is 0.129. The van der Waals surface area contributed by atoms with Gasteiger partial charge in [-0.2, -0.15) is 4.98 Å². The lowest BCUT2D eigenvalue weighted by Gasteiger charge is -2.30. The smallest absolute Gasteiger partial charge is 0.319 e. The second-order valence-corrected chi connectivity index (χ2v) is 9.06. The second-order valence-electron chi connectivity index (χ2n) is 9.06. The van der Waals surface area contributed by atoms with Gasteiger partial charge in [-0.3, -0.25) is 0 Å². The molecule has 1 aromatic carbocycles. The van der Waals surface area contributed by atoms with Crippen LogP contribution in [0.1, 0.15) is 55.3 Å². The number of nitrogens with one attached hydrogen (secondary N) is 3. The van der Waals surface area contributed by atoms with E-state index in [1.165, 1.54) is 24.1 Å². The molecule has 0 bridgehead atoms. The third-order valence-electron chi connectivity index (χ3n) is 6.26. The van der Waals surface area contributed by atoms with Crippen LogP contribution in [0.4, 0.5) is 22.2 Å². The Kier molecular flexibility index (Phi) is 6.59. The number of hydrogen-bond acceptors (Lipinski definition) is 5. The van der Waals surface area contributed by atoms with Crippen molar-refractivity contribution in [2.75, 3.05) is 29.6 Å². The summed E-state index contributed by atoms with van der Waals surface area (Å²) in [6.45, 7) is 2.02. The number of benzene rings is 1. The van der Waals surface area contributed by atoms with Gasteiger partial charge >= 0.3 is 6.03 Å². The Morgan fingerprint density at radius 3 is 2.52 bits per heavy atom. The topological polar surface area (TPSA) is 82.2 Å². The summed E-state index contributed by atoms with van der Waals surface area (Å²) in [5.41, 5.74) is 4.48. The Hall–Kier alpha value is -2.83. The van der Waals surface area contributed by atoms with Gasteiger partial charge in [-0.1, -0.05) is 12.1 Å². The van der Waals surface area contributed by atoms with Gasteiger partial charge in [-0.15, -0.1) is 0 Å². The Balaban J connectivity index is 1.30. The second kappa shape index (κ2) is 9.54. The summed E-state index contributed by atoms with van der Waals surface area (Å²) >= 11 is 0. The molecule has 0 aliphatic heterocycles. The summed E-state index contributed by atoms with van der Waals surface area (Å²) in [5, 5.41) is 9.63. The van der Waals surface area contributed by atoms with E-state index in [9.17, 15) is 4.79 Å². The minimum atomic E-state index is -0.129. The number of rotatable bonds is 5. The maximum Gasteiger partial charge on any atom is 0.319 e. The van der Waals surface area contributed by atoms with Crippen LogP contribution >= 0.6 is 0 Å². The Labute approximate surface area is 185 Å². The van der Waals surface area contributed by atoms with E-state index < -0.39 is 0 Å². The van der Waals surface area contributed by atoms with E-state index in [1.54, 1.807) is 0 Å².